The standard InChI is InChI=1S/C18H10Br2ClN.C12H9N.C6H2Br2ClF/c19-14-9-11(10-15(20)18(14)21)22-16-7-3-1-5-12(16)13-6-2-4-8-17(13)22;1-3-7-11-9(5-1)10-6-2-4-8-12(10)13-11;7-4-1-3(10)2-5(8)6(4)9/h1-10H;1-8,13H;1-2H. The molecular weight excluding hydrogens is 870 g/mol. The molecule has 2 aromatic heterocycles. The lowest BCUT2D eigenvalue weighted by Crippen LogP contribution is -1.94. The van der Waals surface area contributed by atoms with E-state index in [0.717, 1.165) is 14.6 Å². The summed E-state index contributed by atoms with van der Waals surface area (Å²) < 4.78 is 17.6. The number of nitrogens with one attached hydrogen (secondary N) is 1. The summed E-state index contributed by atoms with van der Waals surface area (Å²) in [6.45, 7) is 0. The highest BCUT2D eigenvalue weighted by molar-refractivity contribution is 9.11. The van der Waals surface area contributed by atoms with Gasteiger partial charge in [-0.3, -0.25) is 0 Å². The van der Waals surface area contributed by atoms with Gasteiger partial charge in [-0.25, -0.2) is 4.39 Å². The minimum atomic E-state index is -0.317. The van der Waals surface area contributed by atoms with Crippen molar-refractivity contribution in [3.05, 3.63) is 155 Å². The number of hydrogen-bond acceptors (Lipinski definition) is 0. The second-order valence-corrected chi connectivity index (χ2v) is 14.2. The molecule has 6 aromatic carbocycles. The molecule has 2 nitrogen and oxygen atoms in total. The summed E-state index contributed by atoms with van der Waals surface area (Å²) in [6.07, 6.45) is 0. The molecule has 0 fully saturated rings. The molecule has 0 bridgehead atoms. The zero-order chi connectivity index (χ0) is 31.7. The number of benzene rings is 6. The number of aromatic amines is 1. The summed E-state index contributed by atoms with van der Waals surface area (Å²) in [7, 11) is 0. The van der Waals surface area contributed by atoms with Gasteiger partial charge in [0.25, 0.3) is 0 Å². The van der Waals surface area contributed by atoms with Crippen molar-refractivity contribution in [1.29, 1.82) is 0 Å². The van der Waals surface area contributed by atoms with E-state index in [9.17, 15) is 4.39 Å². The molecule has 0 amide bonds. The van der Waals surface area contributed by atoms with Crippen LogP contribution in [0.3, 0.4) is 0 Å². The monoisotopic (exact) mass is 886 g/mol. The second kappa shape index (κ2) is 14.0. The largest absolute Gasteiger partial charge is 0.355 e. The molecule has 9 heteroatoms. The number of rotatable bonds is 1. The summed E-state index contributed by atoms with van der Waals surface area (Å²) in [4.78, 5) is 3.38. The lowest BCUT2D eigenvalue weighted by Gasteiger charge is -2.10. The van der Waals surface area contributed by atoms with Gasteiger partial charge in [0, 0.05) is 56.2 Å². The third kappa shape index (κ3) is 6.76. The van der Waals surface area contributed by atoms with Crippen molar-refractivity contribution in [2.45, 2.75) is 0 Å². The average molecular weight is 891 g/mol. The number of hydrogen-bond donors (Lipinski definition) is 1. The fraction of sp³-hybridized carbons (Fsp3) is 0. The van der Waals surface area contributed by atoms with E-state index in [0.29, 0.717) is 19.0 Å². The van der Waals surface area contributed by atoms with E-state index in [1.165, 1.54) is 55.7 Å². The minimum Gasteiger partial charge on any atom is -0.355 e. The van der Waals surface area contributed by atoms with Gasteiger partial charge in [-0.15, -0.1) is 0 Å². The van der Waals surface area contributed by atoms with E-state index in [4.69, 9.17) is 23.2 Å². The van der Waals surface area contributed by atoms with E-state index >= 15 is 0 Å². The van der Waals surface area contributed by atoms with E-state index in [1.54, 1.807) is 0 Å². The van der Waals surface area contributed by atoms with Crippen LogP contribution in [-0.2, 0) is 0 Å². The summed E-state index contributed by atoms with van der Waals surface area (Å²) in [5.41, 5.74) is 5.86. The summed E-state index contributed by atoms with van der Waals surface area (Å²) in [5, 5.41) is 6.28. The van der Waals surface area contributed by atoms with E-state index < -0.39 is 0 Å². The maximum absolute atomic E-state index is 12.5. The highest BCUT2D eigenvalue weighted by atomic mass is 79.9. The van der Waals surface area contributed by atoms with Crippen LogP contribution in [0.15, 0.2) is 139 Å². The van der Waals surface area contributed by atoms with Crippen LogP contribution < -0.4 is 0 Å². The van der Waals surface area contributed by atoms with Crippen LogP contribution in [0.2, 0.25) is 10.0 Å². The lowest BCUT2D eigenvalue weighted by atomic mass is 10.2. The topological polar surface area (TPSA) is 20.7 Å². The first-order chi connectivity index (χ1) is 21.7. The number of aromatic nitrogens is 2. The maximum atomic E-state index is 12.5. The Balaban J connectivity index is 0.000000132. The summed E-state index contributed by atoms with van der Waals surface area (Å²) in [6, 6.07) is 40.4. The van der Waals surface area contributed by atoms with E-state index in [2.05, 4.69) is 170 Å². The molecule has 0 atom stereocenters. The smallest absolute Gasteiger partial charge is 0.125 e. The Bertz CT molecular complexity index is 2180. The first-order valence-electron chi connectivity index (χ1n) is 13.6. The molecule has 0 unspecified atom stereocenters. The molecule has 0 spiro atoms. The molecule has 8 aromatic rings. The van der Waals surface area contributed by atoms with Gasteiger partial charge in [0.2, 0.25) is 0 Å². The molecule has 0 saturated carbocycles. The molecule has 2 heterocycles. The van der Waals surface area contributed by atoms with Crippen molar-refractivity contribution in [3.8, 4) is 5.69 Å². The van der Waals surface area contributed by atoms with Crippen LogP contribution in [0.1, 0.15) is 0 Å². The van der Waals surface area contributed by atoms with Crippen molar-refractivity contribution < 1.29 is 4.39 Å². The van der Waals surface area contributed by atoms with Crippen molar-refractivity contribution in [3.63, 3.8) is 0 Å². The Morgan fingerprint density at radius 2 is 0.844 bits per heavy atom. The lowest BCUT2D eigenvalue weighted by molar-refractivity contribution is 0.626. The predicted molar refractivity (Wildman–Crippen MR) is 204 cm³/mol. The van der Waals surface area contributed by atoms with Crippen LogP contribution in [0.5, 0.6) is 0 Å². The number of para-hydroxylation sites is 4. The Morgan fingerprint density at radius 1 is 0.489 bits per heavy atom. The zero-order valence-electron chi connectivity index (χ0n) is 23.1. The molecule has 0 aliphatic heterocycles. The fourth-order valence-electron chi connectivity index (χ4n) is 5.20. The van der Waals surface area contributed by atoms with Gasteiger partial charge in [-0.2, -0.15) is 0 Å². The van der Waals surface area contributed by atoms with E-state index in [-0.39, 0.29) is 5.82 Å². The summed E-state index contributed by atoms with van der Waals surface area (Å²) in [5.74, 6) is -0.317. The highest BCUT2D eigenvalue weighted by Crippen LogP contribution is 2.37. The third-order valence-corrected chi connectivity index (χ3v) is 11.4. The molecule has 0 radical (unpaired) electrons. The second-order valence-electron chi connectivity index (χ2n) is 9.99. The zero-order valence-corrected chi connectivity index (χ0v) is 31.0. The normalized spacial score (nSPS) is 11.0. The molecule has 0 aliphatic carbocycles. The SMILES string of the molecule is Clc1c(Br)cc(-n2c3ccccc3c3ccccc32)cc1Br.Fc1cc(Br)c(Cl)c(Br)c1.c1ccc2c(c1)[nH]c1ccccc12. The van der Waals surface area contributed by atoms with Gasteiger partial charge in [-0.05, 0) is 112 Å². The molecule has 0 saturated heterocycles. The van der Waals surface area contributed by atoms with Crippen LogP contribution in [0.25, 0.3) is 49.3 Å². The molecular formula is C36H21Br4Cl2FN2. The molecule has 45 heavy (non-hydrogen) atoms. The van der Waals surface area contributed by atoms with Gasteiger partial charge in [0.15, 0.2) is 0 Å². The van der Waals surface area contributed by atoms with Gasteiger partial charge >= 0.3 is 0 Å². The first-order valence-corrected chi connectivity index (χ1v) is 17.5. The molecule has 0 aliphatic rings. The summed E-state index contributed by atoms with van der Waals surface area (Å²) >= 11 is 25.2. The Morgan fingerprint density at radius 3 is 1.29 bits per heavy atom. The van der Waals surface area contributed by atoms with Crippen molar-refractivity contribution in [2.75, 3.05) is 0 Å². The number of H-pyrrole nitrogens is 1. The van der Waals surface area contributed by atoms with Crippen molar-refractivity contribution in [2.24, 2.45) is 0 Å². The fourth-order valence-corrected chi connectivity index (χ4v) is 7.71. The van der Waals surface area contributed by atoms with Gasteiger partial charge in [0.05, 0.1) is 21.1 Å². The predicted octanol–water partition coefficient (Wildman–Crippen LogP) is 14.3. The molecule has 224 valence electrons. The first kappa shape index (κ1) is 32.3. The maximum Gasteiger partial charge on any atom is 0.125 e. The van der Waals surface area contributed by atoms with Crippen LogP contribution in [0, 0.1) is 5.82 Å². The number of fused-ring (bicyclic) bond motifs is 6. The Kier molecular flexibility index (Phi) is 10.0. The minimum absolute atomic E-state index is 0.317. The quantitative estimate of drug-likeness (QED) is 0.125. The van der Waals surface area contributed by atoms with Crippen LogP contribution in [-0.4, -0.2) is 9.55 Å². The number of nitrogens with zero attached hydrogens (tertiary/aromatic N) is 1. The van der Waals surface area contributed by atoms with Crippen LogP contribution in [0.4, 0.5) is 4.39 Å². The third-order valence-electron chi connectivity index (χ3n) is 7.17. The number of halogens is 7. The average Bonchev–Trinajstić information content (AvgIpc) is 3.59. The van der Waals surface area contributed by atoms with E-state index in [1.807, 2.05) is 12.1 Å². The van der Waals surface area contributed by atoms with Crippen molar-refractivity contribution >= 4 is 131 Å². The van der Waals surface area contributed by atoms with Gasteiger partial charge < -0.3 is 9.55 Å². The van der Waals surface area contributed by atoms with Gasteiger partial charge in [-0.1, -0.05) is 96.0 Å². The van der Waals surface area contributed by atoms with Crippen molar-refractivity contribution in [1.82, 2.24) is 9.55 Å². The van der Waals surface area contributed by atoms with Crippen LogP contribution >= 0.6 is 86.9 Å². The molecule has 8 rings (SSSR count). The van der Waals surface area contributed by atoms with Gasteiger partial charge in [0.1, 0.15) is 5.82 Å². The molecule has 1 N–H and O–H groups in total. The Labute approximate surface area is 302 Å². The highest BCUT2D eigenvalue weighted by Gasteiger charge is 2.13. The Hall–Kier alpha value is -2.65.